The number of hydrogen-bond acceptors (Lipinski definition) is 7. The quantitative estimate of drug-likeness (QED) is 0.0548. The molecular weight excluding hydrogens is 896 g/mol. The Labute approximate surface area is 412 Å². The van der Waals surface area contributed by atoms with Gasteiger partial charge >= 0.3 is 22.7 Å². The highest BCUT2D eigenvalue weighted by Crippen LogP contribution is 2.42. The van der Waals surface area contributed by atoms with Crippen molar-refractivity contribution < 1.29 is 45.3 Å². The van der Waals surface area contributed by atoms with E-state index in [2.05, 4.69) is 107 Å². The summed E-state index contributed by atoms with van der Waals surface area (Å²) in [6.07, 6.45) is 13.9. The van der Waals surface area contributed by atoms with Gasteiger partial charge in [0.05, 0.1) is 22.4 Å². The van der Waals surface area contributed by atoms with E-state index in [1.165, 1.54) is 28.8 Å². The first-order valence-corrected chi connectivity index (χ1v) is 26.2. The van der Waals surface area contributed by atoms with Crippen LogP contribution in [0.4, 0.5) is 13.2 Å². The van der Waals surface area contributed by atoms with Gasteiger partial charge in [-0.3, -0.25) is 0 Å². The molecule has 1 fully saturated rings. The Balaban J connectivity index is 0.000000301. The molecule has 4 aromatic rings. The van der Waals surface area contributed by atoms with Gasteiger partial charge < -0.3 is 23.7 Å². The number of hydrogen-bond donors (Lipinski definition) is 2. The van der Waals surface area contributed by atoms with Crippen LogP contribution in [0.3, 0.4) is 0 Å². The SMILES string of the molecule is CCC(O)(/C=C/c1ccc(C(CC)(CC)c2ccc(B3OC(C)(C)C(C)(C)O3)cc2)cc1C)CC.CCC(O)(/C=C/c1ccc(C(CC)(CC)c2ccc(OS(=O)(=O)C(F)(F)F)cc2)cc1C)CC. The zero-order valence-corrected chi connectivity index (χ0v) is 44.4. The molecule has 2 N–H and O–H groups in total. The molecule has 0 spiro atoms. The largest absolute Gasteiger partial charge is 0.534 e. The summed E-state index contributed by atoms with van der Waals surface area (Å²) in [6.45, 7) is 29.1. The number of aryl methyl sites for hydroxylation is 2. The minimum atomic E-state index is -5.72. The van der Waals surface area contributed by atoms with E-state index in [0.29, 0.717) is 25.7 Å². The van der Waals surface area contributed by atoms with Gasteiger partial charge in [0.25, 0.3) is 0 Å². The van der Waals surface area contributed by atoms with Crippen LogP contribution in [-0.4, -0.2) is 53.7 Å². The second-order valence-corrected chi connectivity index (χ2v) is 21.3. The predicted octanol–water partition coefficient (Wildman–Crippen LogP) is 13.9. The molecule has 5 rings (SSSR count). The summed E-state index contributed by atoms with van der Waals surface area (Å²) in [4.78, 5) is 0. The van der Waals surface area contributed by atoms with E-state index in [-0.39, 0.29) is 23.7 Å². The standard InChI is InChI=1S/C31H45BO3.C26H33F3O4S/c1-10-30(33,11-2)21-20-24-14-15-26(22-23(24)5)31(12-3,13-4)25-16-18-27(19-17-25)32-34-28(6,7)29(8,9)35-32;1-6-24(30,7-2)17-16-20-10-11-22(18-19(20)5)25(8-3,9-4)21-12-14-23(15-13-21)33-34(31,32)26(27,28)29/h14-22,33H,10-13H2,1-9H3;10-18,30H,6-9H2,1-5H3/b21-20+;17-16+. The van der Waals surface area contributed by atoms with Gasteiger partial charge in [-0.15, -0.1) is 0 Å². The molecule has 1 aliphatic rings. The van der Waals surface area contributed by atoms with Crippen molar-refractivity contribution in [1.29, 1.82) is 0 Å². The van der Waals surface area contributed by atoms with E-state index in [1.807, 2.05) is 78.8 Å². The molecule has 7 nitrogen and oxygen atoms in total. The Bertz CT molecular complexity index is 2460. The lowest BCUT2D eigenvalue weighted by atomic mass is 9.69. The second kappa shape index (κ2) is 22.5. The van der Waals surface area contributed by atoms with Crippen LogP contribution in [0.2, 0.25) is 0 Å². The number of benzene rings is 4. The molecule has 0 atom stereocenters. The van der Waals surface area contributed by atoms with E-state index in [1.54, 1.807) is 12.1 Å². The minimum Gasteiger partial charge on any atom is -0.399 e. The van der Waals surface area contributed by atoms with E-state index in [0.717, 1.165) is 59.0 Å². The zero-order valence-electron chi connectivity index (χ0n) is 43.6. The average molecular weight is 975 g/mol. The van der Waals surface area contributed by atoms with E-state index in [9.17, 15) is 31.8 Å². The fourth-order valence-electron chi connectivity index (χ4n) is 9.19. The van der Waals surface area contributed by atoms with Gasteiger partial charge in [0.2, 0.25) is 0 Å². The summed E-state index contributed by atoms with van der Waals surface area (Å²) >= 11 is 0. The highest BCUT2D eigenvalue weighted by molar-refractivity contribution is 7.88. The molecule has 69 heavy (non-hydrogen) atoms. The Kier molecular flexibility index (Phi) is 18.7. The third-order valence-corrected chi connectivity index (χ3v) is 16.5. The van der Waals surface area contributed by atoms with Crippen molar-refractivity contribution in [3.05, 3.63) is 142 Å². The number of alkyl halides is 3. The fourth-order valence-corrected chi connectivity index (χ4v) is 9.65. The van der Waals surface area contributed by atoms with Crippen molar-refractivity contribution in [3.63, 3.8) is 0 Å². The second-order valence-electron chi connectivity index (χ2n) is 19.7. The van der Waals surface area contributed by atoms with Gasteiger partial charge in [0.15, 0.2) is 0 Å². The predicted molar refractivity (Wildman–Crippen MR) is 278 cm³/mol. The van der Waals surface area contributed by atoms with Gasteiger partial charge in [-0.05, 0) is 155 Å². The molecule has 0 bridgehead atoms. The number of halogens is 3. The van der Waals surface area contributed by atoms with Crippen LogP contribution in [-0.2, 0) is 30.3 Å². The Morgan fingerprint density at radius 2 is 0.884 bits per heavy atom. The van der Waals surface area contributed by atoms with Gasteiger partial charge in [-0.25, -0.2) is 0 Å². The van der Waals surface area contributed by atoms with Crippen molar-refractivity contribution in [2.24, 2.45) is 0 Å². The molecule has 1 aliphatic heterocycles. The molecule has 1 heterocycles. The summed E-state index contributed by atoms with van der Waals surface area (Å²) in [6, 6.07) is 27.4. The minimum absolute atomic E-state index is 0.0605. The highest BCUT2D eigenvalue weighted by atomic mass is 32.2. The maximum absolute atomic E-state index is 12.6. The molecular formula is C57H78BF3O7S. The number of aliphatic hydroxyl groups is 2. The van der Waals surface area contributed by atoms with E-state index >= 15 is 0 Å². The van der Waals surface area contributed by atoms with Crippen molar-refractivity contribution >= 4 is 34.9 Å². The Morgan fingerprint density at radius 1 is 0.551 bits per heavy atom. The summed E-state index contributed by atoms with van der Waals surface area (Å²) in [5.74, 6) is -0.391. The van der Waals surface area contributed by atoms with Crippen LogP contribution in [0.1, 0.15) is 179 Å². The summed E-state index contributed by atoms with van der Waals surface area (Å²) in [5, 5.41) is 21.2. The molecule has 0 saturated carbocycles. The zero-order chi connectivity index (χ0) is 51.9. The average Bonchev–Trinajstić information content (AvgIpc) is 3.55. The Hall–Kier alpha value is -4.20. The first kappa shape index (κ1) is 57.4. The summed E-state index contributed by atoms with van der Waals surface area (Å²) in [7, 11) is -6.06. The van der Waals surface area contributed by atoms with Crippen LogP contribution in [0, 0.1) is 13.8 Å². The van der Waals surface area contributed by atoms with Crippen LogP contribution in [0.15, 0.2) is 97.1 Å². The Morgan fingerprint density at radius 3 is 1.19 bits per heavy atom. The lowest BCUT2D eigenvalue weighted by Gasteiger charge is -2.34. The van der Waals surface area contributed by atoms with Gasteiger partial charge in [-0.2, -0.15) is 21.6 Å². The molecule has 0 aliphatic carbocycles. The highest BCUT2D eigenvalue weighted by Gasteiger charge is 2.52. The monoisotopic (exact) mass is 975 g/mol. The molecule has 0 amide bonds. The summed E-state index contributed by atoms with van der Waals surface area (Å²) < 4.78 is 77.2. The van der Waals surface area contributed by atoms with E-state index in [4.69, 9.17) is 9.31 Å². The topological polar surface area (TPSA) is 102 Å². The molecule has 0 radical (unpaired) electrons. The van der Waals surface area contributed by atoms with Crippen molar-refractivity contribution in [1.82, 2.24) is 0 Å². The lowest BCUT2D eigenvalue weighted by Crippen LogP contribution is -2.41. The molecule has 12 heteroatoms. The maximum atomic E-state index is 12.6. The van der Waals surface area contributed by atoms with Crippen molar-refractivity contribution in [2.45, 2.75) is 187 Å². The first-order chi connectivity index (χ1) is 32.1. The normalized spacial score (nSPS) is 15.7. The molecule has 378 valence electrons. The third kappa shape index (κ3) is 12.7. The van der Waals surface area contributed by atoms with Crippen LogP contribution in [0.5, 0.6) is 5.75 Å². The molecule has 0 unspecified atom stereocenters. The number of rotatable bonds is 19. The lowest BCUT2D eigenvalue weighted by molar-refractivity contribution is -0.0500. The van der Waals surface area contributed by atoms with Gasteiger partial charge in [0.1, 0.15) is 5.75 Å². The van der Waals surface area contributed by atoms with Gasteiger partial charge in [-0.1, -0.05) is 152 Å². The summed E-state index contributed by atoms with van der Waals surface area (Å²) in [5.41, 5.74) is 1.80. The fraction of sp³-hybridized carbons (Fsp3) is 0.509. The maximum Gasteiger partial charge on any atom is 0.534 e. The first-order valence-electron chi connectivity index (χ1n) is 24.8. The van der Waals surface area contributed by atoms with Crippen molar-refractivity contribution in [2.75, 3.05) is 0 Å². The molecule has 0 aromatic heterocycles. The van der Waals surface area contributed by atoms with Crippen LogP contribution < -0.4 is 9.65 Å². The molecule has 1 saturated heterocycles. The molecule has 4 aromatic carbocycles. The van der Waals surface area contributed by atoms with Gasteiger partial charge in [0, 0.05) is 10.8 Å². The third-order valence-electron chi connectivity index (χ3n) is 15.5. The van der Waals surface area contributed by atoms with Crippen molar-refractivity contribution in [3.8, 4) is 5.75 Å². The van der Waals surface area contributed by atoms with E-state index < -0.39 is 38.0 Å². The van der Waals surface area contributed by atoms with Crippen LogP contribution >= 0.6 is 0 Å². The van der Waals surface area contributed by atoms with Crippen LogP contribution in [0.25, 0.3) is 12.2 Å². The smallest absolute Gasteiger partial charge is 0.399 e.